The van der Waals surface area contributed by atoms with E-state index in [4.69, 9.17) is 4.74 Å². The Bertz CT molecular complexity index is 646. The van der Waals surface area contributed by atoms with Crippen LogP contribution in [0.4, 0.5) is 5.69 Å². The largest absolute Gasteiger partial charge is 0.495 e. The van der Waals surface area contributed by atoms with Crippen LogP contribution in [0.2, 0.25) is 0 Å². The van der Waals surface area contributed by atoms with E-state index >= 15 is 0 Å². The predicted octanol–water partition coefficient (Wildman–Crippen LogP) is 3.18. The van der Waals surface area contributed by atoms with Crippen molar-refractivity contribution >= 4 is 23.4 Å². The fourth-order valence-corrected chi connectivity index (χ4v) is 3.84. The summed E-state index contributed by atoms with van der Waals surface area (Å²) in [7, 11) is 1.46. The Balaban J connectivity index is 2.04. The quantitative estimate of drug-likeness (QED) is 0.423. The molecule has 1 saturated heterocycles. The van der Waals surface area contributed by atoms with Crippen LogP contribution in [0.15, 0.2) is 17.0 Å². The summed E-state index contributed by atoms with van der Waals surface area (Å²) in [6.45, 7) is 5.95. The maximum atomic E-state index is 12.6. The molecule has 0 spiro atoms. The highest BCUT2D eigenvalue weighted by Gasteiger charge is 2.25. The Hall–Kier alpha value is -1.80. The number of nitrogens with one attached hydrogen (secondary N) is 1. The summed E-state index contributed by atoms with van der Waals surface area (Å²) in [6.07, 6.45) is 5.08. The van der Waals surface area contributed by atoms with E-state index in [0.717, 1.165) is 38.9 Å². The highest BCUT2D eigenvalue weighted by atomic mass is 32.2. The first-order valence-electron chi connectivity index (χ1n) is 8.91. The van der Waals surface area contributed by atoms with Crippen LogP contribution in [0.5, 0.6) is 5.75 Å². The lowest BCUT2D eigenvalue weighted by molar-refractivity contribution is -0.385. The van der Waals surface area contributed by atoms with Gasteiger partial charge in [-0.25, -0.2) is 0 Å². The van der Waals surface area contributed by atoms with Crippen molar-refractivity contribution < 1.29 is 14.5 Å². The van der Waals surface area contributed by atoms with E-state index in [9.17, 15) is 14.9 Å². The number of ether oxygens (including phenoxy) is 1. The molecule has 8 heteroatoms. The van der Waals surface area contributed by atoms with Crippen molar-refractivity contribution in [1.82, 2.24) is 10.2 Å². The minimum atomic E-state index is -0.537. The maximum Gasteiger partial charge on any atom is 0.285 e. The van der Waals surface area contributed by atoms with Crippen LogP contribution in [-0.4, -0.2) is 55.3 Å². The van der Waals surface area contributed by atoms with Gasteiger partial charge in [0.05, 0.1) is 23.0 Å². The molecule has 1 aromatic carbocycles. The Morgan fingerprint density at radius 1 is 1.42 bits per heavy atom. The number of rotatable bonds is 8. The summed E-state index contributed by atoms with van der Waals surface area (Å²) < 4.78 is 5.19. The maximum absolute atomic E-state index is 12.6. The van der Waals surface area contributed by atoms with Gasteiger partial charge in [-0.2, -0.15) is 0 Å². The Labute approximate surface area is 158 Å². The third kappa shape index (κ3) is 5.11. The molecule has 0 bridgehead atoms. The molecule has 1 aromatic rings. The van der Waals surface area contributed by atoms with Gasteiger partial charge in [-0.3, -0.25) is 14.9 Å². The van der Waals surface area contributed by atoms with Gasteiger partial charge in [0.2, 0.25) is 0 Å². The van der Waals surface area contributed by atoms with Gasteiger partial charge in [-0.1, -0.05) is 6.92 Å². The van der Waals surface area contributed by atoms with Crippen molar-refractivity contribution in [1.29, 1.82) is 0 Å². The standard InChI is InChI=1S/C18H27N3O4S/c1-4-7-20-8-5-13(6-9-20)12-19-18(22)14-10-17(26-3)16(25-2)11-15(14)21(23)24/h10-11,13H,4-9,12H2,1-3H3,(H,19,22). The molecule has 0 radical (unpaired) electrons. The lowest BCUT2D eigenvalue weighted by atomic mass is 9.96. The number of piperidine rings is 1. The third-order valence-electron chi connectivity index (χ3n) is 4.74. The molecule has 0 saturated carbocycles. The molecule has 1 heterocycles. The molecule has 1 fully saturated rings. The van der Waals surface area contributed by atoms with Gasteiger partial charge >= 0.3 is 0 Å². The number of carbonyl (C=O) groups is 1. The first-order chi connectivity index (χ1) is 12.5. The minimum absolute atomic E-state index is 0.0866. The van der Waals surface area contributed by atoms with Crippen LogP contribution in [-0.2, 0) is 0 Å². The number of nitro benzene ring substituents is 1. The number of hydrogen-bond acceptors (Lipinski definition) is 6. The average molecular weight is 381 g/mol. The zero-order chi connectivity index (χ0) is 19.1. The smallest absolute Gasteiger partial charge is 0.285 e. The van der Waals surface area contributed by atoms with E-state index in [1.165, 1.54) is 24.9 Å². The molecule has 1 aliphatic rings. The number of hydrogen-bond donors (Lipinski definition) is 1. The summed E-state index contributed by atoms with van der Waals surface area (Å²) in [5.74, 6) is 0.430. The number of amides is 1. The highest BCUT2D eigenvalue weighted by Crippen LogP contribution is 2.34. The van der Waals surface area contributed by atoms with Crippen molar-refractivity contribution in [3.63, 3.8) is 0 Å². The molecule has 0 aliphatic carbocycles. The van der Waals surface area contributed by atoms with Crippen LogP contribution in [0, 0.1) is 16.0 Å². The Kier molecular flexibility index (Phi) is 7.71. The molecule has 0 unspecified atom stereocenters. The molecular weight excluding hydrogens is 354 g/mol. The number of nitrogens with zero attached hydrogens (tertiary/aromatic N) is 2. The number of carbonyl (C=O) groups excluding carboxylic acids is 1. The second-order valence-corrected chi connectivity index (χ2v) is 7.32. The second-order valence-electron chi connectivity index (χ2n) is 6.48. The SMILES string of the molecule is CCCN1CCC(CNC(=O)c2cc(SC)c(OC)cc2[N+](=O)[O-])CC1. The summed E-state index contributed by atoms with van der Waals surface area (Å²) in [6, 6.07) is 2.87. The Morgan fingerprint density at radius 2 is 2.12 bits per heavy atom. The summed E-state index contributed by atoms with van der Waals surface area (Å²) in [4.78, 5) is 26.5. The van der Waals surface area contributed by atoms with E-state index in [0.29, 0.717) is 23.1 Å². The molecule has 1 N–H and O–H groups in total. The van der Waals surface area contributed by atoms with Crippen molar-refractivity contribution in [2.75, 3.05) is 39.5 Å². The first-order valence-corrected chi connectivity index (χ1v) is 10.1. The third-order valence-corrected chi connectivity index (χ3v) is 5.50. The van der Waals surface area contributed by atoms with Crippen LogP contribution < -0.4 is 10.1 Å². The molecule has 0 aromatic heterocycles. The molecule has 2 rings (SSSR count). The predicted molar refractivity (Wildman–Crippen MR) is 103 cm³/mol. The van der Waals surface area contributed by atoms with Gasteiger partial charge in [0.1, 0.15) is 11.3 Å². The topological polar surface area (TPSA) is 84.7 Å². The number of nitro groups is 1. The molecule has 26 heavy (non-hydrogen) atoms. The van der Waals surface area contributed by atoms with Crippen LogP contribution >= 0.6 is 11.8 Å². The van der Waals surface area contributed by atoms with E-state index < -0.39 is 10.8 Å². The number of benzene rings is 1. The number of methoxy groups -OCH3 is 1. The van der Waals surface area contributed by atoms with Gasteiger partial charge < -0.3 is 15.0 Å². The minimum Gasteiger partial charge on any atom is -0.495 e. The zero-order valence-corrected chi connectivity index (χ0v) is 16.4. The van der Waals surface area contributed by atoms with Crippen LogP contribution in [0.3, 0.4) is 0 Å². The molecule has 7 nitrogen and oxygen atoms in total. The highest BCUT2D eigenvalue weighted by molar-refractivity contribution is 7.98. The Morgan fingerprint density at radius 3 is 2.65 bits per heavy atom. The van der Waals surface area contributed by atoms with E-state index in [2.05, 4.69) is 17.1 Å². The van der Waals surface area contributed by atoms with Crippen molar-refractivity contribution in [3.05, 3.63) is 27.8 Å². The molecule has 1 aliphatic heterocycles. The molecule has 144 valence electrons. The van der Waals surface area contributed by atoms with Gasteiger partial charge in [0.25, 0.3) is 11.6 Å². The van der Waals surface area contributed by atoms with Gasteiger partial charge in [0.15, 0.2) is 0 Å². The van der Waals surface area contributed by atoms with Gasteiger partial charge in [-0.05, 0) is 57.1 Å². The van der Waals surface area contributed by atoms with Gasteiger partial charge in [0, 0.05) is 6.54 Å². The molecular formula is C18H27N3O4S. The van der Waals surface area contributed by atoms with E-state index in [1.54, 1.807) is 6.07 Å². The fraction of sp³-hybridized carbons (Fsp3) is 0.611. The lowest BCUT2D eigenvalue weighted by Gasteiger charge is -2.31. The zero-order valence-electron chi connectivity index (χ0n) is 15.6. The van der Waals surface area contributed by atoms with Gasteiger partial charge in [-0.15, -0.1) is 11.8 Å². The molecule has 1 amide bonds. The number of thioether (sulfide) groups is 1. The van der Waals surface area contributed by atoms with E-state index in [1.807, 2.05) is 6.26 Å². The van der Waals surface area contributed by atoms with Crippen LogP contribution in [0.25, 0.3) is 0 Å². The molecule has 0 atom stereocenters. The lowest BCUT2D eigenvalue weighted by Crippen LogP contribution is -2.39. The van der Waals surface area contributed by atoms with E-state index in [-0.39, 0.29) is 11.3 Å². The first kappa shape index (κ1) is 20.5. The second kappa shape index (κ2) is 9.78. The average Bonchev–Trinajstić information content (AvgIpc) is 2.66. The normalized spacial score (nSPS) is 15.7. The summed E-state index contributed by atoms with van der Waals surface area (Å²) in [5, 5.41) is 14.2. The fourth-order valence-electron chi connectivity index (χ4n) is 3.26. The van der Waals surface area contributed by atoms with Crippen LogP contribution in [0.1, 0.15) is 36.5 Å². The summed E-state index contributed by atoms with van der Waals surface area (Å²) >= 11 is 1.39. The van der Waals surface area contributed by atoms with Crippen molar-refractivity contribution in [2.24, 2.45) is 5.92 Å². The van der Waals surface area contributed by atoms with Crippen molar-refractivity contribution in [2.45, 2.75) is 31.1 Å². The monoisotopic (exact) mass is 381 g/mol. The summed E-state index contributed by atoms with van der Waals surface area (Å²) in [5.41, 5.74) is -0.140. The van der Waals surface area contributed by atoms with Crippen molar-refractivity contribution in [3.8, 4) is 5.75 Å². The number of likely N-dealkylation sites (tertiary alicyclic amines) is 1.